The Morgan fingerprint density at radius 1 is 1.24 bits per heavy atom. The van der Waals surface area contributed by atoms with Crippen LogP contribution in [0.1, 0.15) is 51.4 Å². The quantitative estimate of drug-likeness (QED) is 0.562. The largest absolute Gasteiger partial charge is 0.436 e. The molecule has 8 nitrogen and oxygen atoms in total. The second-order valence-electron chi connectivity index (χ2n) is 6.88. The summed E-state index contributed by atoms with van der Waals surface area (Å²) in [6.07, 6.45) is 4.44. The summed E-state index contributed by atoms with van der Waals surface area (Å²) < 4.78 is 4.99. The Morgan fingerprint density at radius 2 is 1.88 bits per heavy atom. The second-order valence-corrected chi connectivity index (χ2v) is 6.88. The zero-order chi connectivity index (χ0) is 18.8. The number of rotatable bonds is 9. The second kappa shape index (κ2) is 10.9. The molecule has 1 aliphatic rings. The summed E-state index contributed by atoms with van der Waals surface area (Å²) in [4.78, 5) is 36.7. The first-order valence-electron chi connectivity index (χ1n) is 8.91. The van der Waals surface area contributed by atoms with E-state index in [4.69, 9.17) is 10.5 Å². The minimum Gasteiger partial charge on any atom is -0.436 e. The van der Waals surface area contributed by atoms with Gasteiger partial charge in [-0.25, -0.2) is 4.79 Å². The molecule has 3 amide bonds. The van der Waals surface area contributed by atoms with E-state index in [-0.39, 0.29) is 18.9 Å². The summed E-state index contributed by atoms with van der Waals surface area (Å²) in [5.41, 5.74) is 5.09. The van der Waals surface area contributed by atoms with Gasteiger partial charge in [0.25, 0.3) is 5.91 Å². The first-order valence-corrected chi connectivity index (χ1v) is 8.91. The van der Waals surface area contributed by atoms with Gasteiger partial charge in [-0.15, -0.1) is 0 Å². The number of carbonyl (C=O) groups is 3. The summed E-state index contributed by atoms with van der Waals surface area (Å²) >= 11 is 0. The molecule has 0 bridgehead atoms. The fraction of sp³-hybridized carbons (Fsp3) is 0.824. The average Bonchev–Trinajstić information content (AvgIpc) is 2.57. The molecule has 0 aromatic heterocycles. The maximum Gasteiger partial charge on any atom is 0.405 e. The molecule has 2 atom stereocenters. The molecule has 2 unspecified atom stereocenters. The molecule has 0 aromatic carbocycles. The molecule has 8 heteroatoms. The molecule has 0 spiro atoms. The molecule has 4 N–H and O–H groups in total. The van der Waals surface area contributed by atoms with Crippen molar-refractivity contribution in [1.29, 1.82) is 0 Å². The van der Waals surface area contributed by atoms with Gasteiger partial charge in [0.15, 0.2) is 6.10 Å². The number of amides is 3. The fourth-order valence-corrected chi connectivity index (χ4v) is 3.10. The van der Waals surface area contributed by atoms with Gasteiger partial charge >= 0.3 is 6.09 Å². The van der Waals surface area contributed by atoms with Gasteiger partial charge in [0, 0.05) is 20.5 Å². The van der Waals surface area contributed by atoms with Crippen LogP contribution in [0.25, 0.3) is 0 Å². The molecule has 0 aliphatic heterocycles. The van der Waals surface area contributed by atoms with E-state index in [1.165, 1.54) is 11.3 Å². The van der Waals surface area contributed by atoms with E-state index in [9.17, 15) is 19.5 Å². The highest BCUT2D eigenvalue weighted by Crippen LogP contribution is 2.28. The Kier molecular flexibility index (Phi) is 9.26. The van der Waals surface area contributed by atoms with Gasteiger partial charge in [-0.2, -0.15) is 0 Å². The van der Waals surface area contributed by atoms with E-state index >= 15 is 0 Å². The number of nitrogens with zero attached hydrogens (tertiary/aromatic N) is 1. The number of primary amides is 1. The van der Waals surface area contributed by atoms with Crippen molar-refractivity contribution in [2.75, 3.05) is 20.7 Å². The minimum absolute atomic E-state index is 0.0835. The number of aliphatic hydroxyl groups is 1. The highest BCUT2D eigenvalue weighted by atomic mass is 16.6. The summed E-state index contributed by atoms with van der Waals surface area (Å²) in [5, 5.41) is 12.1. The average molecular weight is 357 g/mol. The molecule has 1 fully saturated rings. The Hall–Kier alpha value is -1.83. The highest BCUT2D eigenvalue weighted by molar-refractivity contribution is 5.83. The number of ether oxygens (including phenoxy) is 1. The van der Waals surface area contributed by atoms with Crippen LogP contribution in [0, 0.1) is 5.92 Å². The molecular formula is C17H31N3O5. The number of nitrogens with two attached hydrogens (primary N) is 1. The normalized spacial score (nSPS) is 17.4. The lowest BCUT2D eigenvalue weighted by Crippen LogP contribution is -2.46. The molecule has 144 valence electrons. The standard InChI is InChI=1S/C17H31N3O5/c1-20(2)15(22)9-8-13(11-21)19-16(23)14(25-17(18)24)10-12-6-4-3-5-7-12/h12-14,21H,3-11H2,1-2H3,(H2,18,24)(H,19,23). The van der Waals surface area contributed by atoms with E-state index in [2.05, 4.69) is 5.32 Å². The van der Waals surface area contributed by atoms with Gasteiger partial charge < -0.3 is 25.8 Å². The molecule has 25 heavy (non-hydrogen) atoms. The molecule has 0 aromatic rings. The van der Waals surface area contributed by atoms with E-state index in [1.54, 1.807) is 14.1 Å². The fourth-order valence-electron chi connectivity index (χ4n) is 3.10. The maximum atomic E-state index is 12.4. The van der Waals surface area contributed by atoms with Crippen LogP contribution < -0.4 is 11.1 Å². The van der Waals surface area contributed by atoms with Crippen LogP contribution >= 0.6 is 0 Å². The number of hydrogen-bond acceptors (Lipinski definition) is 5. The molecule has 0 radical (unpaired) electrons. The van der Waals surface area contributed by atoms with Gasteiger partial charge in [-0.3, -0.25) is 9.59 Å². The molecule has 0 heterocycles. The van der Waals surface area contributed by atoms with Crippen LogP contribution in [0.3, 0.4) is 0 Å². The van der Waals surface area contributed by atoms with Crippen molar-refractivity contribution < 1.29 is 24.2 Å². The zero-order valence-corrected chi connectivity index (χ0v) is 15.2. The number of carbonyl (C=O) groups excluding carboxylic acids is 3. The Balaban J connectivity index is 2.58. The van der Waals surface area contributed by atoms with Crippen molar-refractivity contribution >= 4 is 17.9 Å². The monoisotopic (exact) mass is 357 g/mol. The highest BCUT2D eigenvalue weighted by Gasteiger charge is 2.28. The Bertz CT molecular complexity index is 450. The zero-order valence-electron chi connectivity index (χ0n) is 15.2. The van der Waals surface area contributed by atoms with E-state index < -0.39 is 24.1 Å². The molecule has 0 saturated heterocycles. The van der Waals surface area contributed by atoms with Crippen LogP contribution in [0.2, 0.25) is 0 Å². The van der Waals surface area contributed by atoms with E-state index in [0.29, 0.717) is 18.8 Å². The van der Waals surface area contributed by atoms with Crippen LogP contribution in [0.5, 0.6) is 0 Å². The van der Waals surface area contributed by atoms with Crippen molar-refractivity contribution in [3.05, 3.63) is 0 Å². The van der Waals surface area contributed by atoms with Gasteiger partial charge in [-0.05, 0) is 18.8 Å². The maximum absolute atomic E-state index is 12.4. The van der Waals surface area contributed by atoms with Crippen molar-refractivity contribution in [2.45, 2.75) is 63.5 Å². The lowest BCUT2D eigenvalue weighted by molar-refractivity contribution is -0.132. The smallest absolute Gasteiger partial charge is 0.405 e. The lowest BCUT2D eigenvalue weighted by atomic mass is 9.85. The number of aliphatic hydroxyl groups excluding tert-OH is 1. The van der Waals surface area contributed by atoms with E-state index in [0.717, 1.165) is 25.7 Å². The van der Waals surface area contributed by atoms with Crippen LogP contribution in [0.15, 0.2) is 0 Å². The third-order valence-electron chi connectivity index (χ3n) is 4.60. The minimum atomic E-state index is -0.987. The molecule has 1 aliphatic carbocycles. The third kappa shape index (κ3) is 8.20. The summed E-state index contributed by atoms with van der Waals surface area (Å²) in [6, 6.07) is -0.568. The van der Waals surface area contributed by atoms with Gasteiger partial charge in [-0.1, -0.05) is 32.1 Å². The van der Waals surface area contributed by atoms with Crippen molar-refractivity contribution in [2.24, 2.45) is 11.7 Å². The van der Waals surface area contributed by atoms with Crippen molar-refractivity contribution in [3.63, 3.8) is 0 Å². The summed E-state index contributed by atoms with van der Waals surface area (Å²) in [5.74, 6) is -0.229. The van der Waals surface area contributed by atoms with E-state index in [1.807, 2.05) is 0 Å². The molecule has 1 saturated carbocycles. The van der Waals surface area contributed by atoms with Crippen molar-refractivity contribution in [1.82, 2.24) is 10.2 Å². The van der Waals surface area contributed by atoms with Gasteiger partial charge in [0.05, 0.1) is 12.6 Å². The molecular weight excluding hydrogens is 326 g/mol. The van der Waals surface area contributed by atoms with Crippen LogP contribution in [-0.2, 0) is 14.3 Å². The predicted octanol–water partition coefficient (Wildman–Crippen LogP) is 0.766. The first-order chi connectivity index (χ1) is 11.8. The third-order valence-corrected chi connectivity index (χ3v) is 4.60. The van der Waals surface area contributed by atoms with Gasteiger partial charge in [0.2, 0.25) is 5.91 Å². The van der Waals surface area contributed by atoms with Crippen LogP contribution in [0.4, 0.5) is 4.79 Å². The number of nitrogens with one attached hydrogen (secondary N) is 1. The lowest BCUT2D eigenvalue weighted by Gasteiger charge is -2.26. The Labute approximate surface area is 149 Å². The SMILES string of the molecule is CN(C)C(=O)CCC(CO)NC(=O)C(CC1CCCCC1)OC(N)=O. The summed E-state index contributed by atoms with van der Waals surface area (Å²) in [7, 11) is 3.30. The van der Waals surface area contributed by atoms with Crippen LogP contribution in [-0.4, -0.2) is 60.8 Å². The predicted molar refractivity (Wildman–Crippen MR) is 92.6 cm³/mol. The van der Waals surface area contributed by atoms with Gasteiger partial charge in [0.1, 0.15) is 0 Å². The number of hydrogen-bond donors (Lipinski definition) is 3. The first kappa shape index (κ1) is 21.2. The summed E-state index contributed by atoms with van der Waals surface area (Å²) in [6.45, 7) is -0.292. The molecule has 1 rings (SSSR count). The topological polar surface area (TPSA) is 122 Å². The Morgan fingerprint density at radius 3 is 2.40 bits per heavy atom. The van der Waals surface area contributed by atoms with Crippen molar-refractivity contribution in [3.8, 4) is 0 Å².